The van der Waals surface area contributed by atoms with E-state index < -0.39 is 0 Å². The van der Waals surface area contributed by atoms with Crippen LogP contribution in [0.4, 0.5) is 0 Å². The summed E-state index contributed by atoms with van der Waals surface area (Å²) in [6.07, 6.45) is 3.43. The summed E-state index contributed by atoms with van der Waals surface area (Å²) in [6, 6.07) is 11.2. The van der Waals surface area contributed by atoms with Crippen LogP contribution < -0.4 is 0 Å². The number of Topliss-reactive ketones (excluding diaryl/α,β-unsaturated/α-hetero) is 1. The van der Waals surface area contributed by atoms with Crippen molar-refractivity contribution in [1.82, 2.24) is 19.7 Å². The molecule has 0 aliphatic rings. The molecule has 0 atom stereocenters. The fraction of sp³-hybridized carbons (Fsp3) is 0.158. The lowest BCUT2D eigenvalue weighted by molar-refractivity contribution is 0.102. The van der Waals surface area contributed by atoms with Gasteiger partial charge >= 0.3 is 0 Å². The number of rotatable bonds is 6. The van der Waals surface area contributed by atoms with Crippen molar-refractivity contribution in [3.63, 3.8) is 0 Å². The number of carbonyl (C=O) groups excluding carboxylic acids is 1. The summed E-state index contributed by atoms with van der Waals surface area (Å²) in [4.78, 5) is 17.1. The van der Waals surface area contributed by atoms with E-state index in [1.165, 1.54) is 23.1 Å². The smallest absolute Gasteiger partial charge is 0.191 e. The van der Waals surface area contributed by atoms with Gasteiger partial charge in [0.2, 0.25) is 0 Å². The van der Waals surface area contributed by atoms with E-state index in [4.69, 9.17) is 0 Å². The lowest BCUT2D eigenvalue weighted by Crippen LogP contribution is -2.04. The second-order valence-corrected chi connectivity index (χ2v) is 7.77. The zero-order valence-corrected chi connectivity index (χ0v) is 16.1. The zero-order valence-electron chi connectivity index (χ0n) is 14.5. The monoisotopic (exact) mass is 396 g/mol. The minimum absolute atomic E-state index is 0.0654. The fourth-order valence-electron chi connectivity index (χ4n) is 2.81. The number of carbonyl (C=O) groups is 1. The maximum Gasteiger partial charge on any atom is 0.191 e. The summed E-state index contributed by atoms with van der Waals surface area (Å²) < 4.78 is 2.87. The Kier molecular flexibility index (Phi) is 4.91. The molecule has 1 aromatic carbocycles. The van der Waals surface area contributed by atoms with Crippen LogP contribution in [-0.4, -0.2) is 36.4 Å². The summed E-state index contributed by atoms with van der Waals surface area (Å²) in [5, 5.41) is 20.3. The van der Waals surface area contributed by atoms with Gasteiger partial charge in [0.15, 0.2) is 16.8 Å². The zero-order chi connectivity index (χ0) is 18.8. The number of nitrogens with zero attached hydrogens (tertiary/aromatic N) is 4. The van der Waals surface area contributed by atoms with E-state index in [-0.39, 0.29) is 17.3 Å². The summed E-state index contributed by atoms with van der Waals surface area (Å²) in [6.45, 7) is 2.70. The minimum atomic E-state index is -0.116. The Morgan fingerprint density at radius 2 is 1.96 bits per heavy atom. The molecule has 0 amide bonds. The van der Waals surface area contributed by atoms with E-state index in [9.17, 15) is 9.90 Å². The number of thiophene rings is 1. The third-order valence-corrected chi connectivity index (χ3v) is 6.29. The van der Waals surface area contributed by atoms with E-state index in [0.717, 1.165) is 16.1 Å². The van der Waals surface area contributed by atoms with Crippen LogP contribution in [0.3, 0.4) is 0 Å². The van der Waals surface area contributed by atoms with E-state index in [1.807, 2.05) is 47.9 Å². The average molecular weight is 396 g/mol. The molecule has 0 spiro atoms. The van der Waals surface area contributed by atoms with E-state index in [2.05, 4.69) is 15.2 Å². The Bertz CT molecular complexity index is 1110. The van der Waals surface area contributed by atoms with Crippen molar-refractivity contribution in [2.45, 2.75) is 18.6 Å². The average Bonchev–Trinajstić information content (AvgIpc) is 3.28. The number of aromatic hydroxyl groups is 1. The molecular formula is C19H16N4O2S2. The normalized spacial score (nSPS) is 11.1. The van der Waals surface area contributed by atoms with Gasteiger partial charge in [-0.1, -0.05) is 23.9 Å². The van der Waals surface area contributed by atoms with Gasteiger partial charge in [0, 0.05) is 34.6 Å². The molecule has 4 rings (SSSR count). The number of benzene rings is 1. The largest absolute Gasteiger partial charge is 0.506 e. The van der Waals surface area contributed by atoms with Crippen molar-refractivity contribution in [1.29, 1.82) is 0 Å². The van der Waals surface area contributed by atoms with Crippen LogP contribution in [0.1, 0.15) is 16.6 Å². The van der Waals surface area contributed by atoms with Gasteiger partial charge in [-0.2, -0.15) is 0 Å². The predicted molar refractivity (Wildman–Crippen MR) is 107 cm³/mol. The molecule has 0 saturated heterocycles. The molecule has 6 nitrogen and oxygen atoms in total. The predicted octanol–water partition coefficient (Wildman–Crippen LogP) is 4.26. The Morgan fingerprint density at radius 3 is 2.70 bits per heavy atom. The van der Waals surface area contributed by atoms with Crippen molar-refractivity contribution in [3.8, 4) is 17.1 Å². The number of pyridine rings is 1. The van der Waals surface area contributed by atoms with Crippen molar-refractivity contribution < 1.29 is 9.90 Å². The van der Waals surface area contributed by atoms with Crippen molar-refractivity contribution in [2.75, 3.05) is 5.75 Å². The first kappa shape index (κ1) is 17.7. The molecule has 0 unspecified atom stereocenters. The highest BCUT2D eigenvalue weighted by Crippen LogP contribution is 2.37. The van der Waals surface area contributed by atoms with Gasteiger partial charge in [0.05, 0.1) is 5.75 Å². The molecule has 0 aliphatic carbocycles. The first-order chi connectivity index (χ1) is 13.2. The maximum absolute atomic E-state index is 12.6. The van der Waals surface area contributed by atoms with Crippen LogP contribution in [0.15, 0.2) is 53.9 Å². The molecule has 4 aromatic rings. The van der Waals surface area contributed by atoms with Crippen LogP contribution in [0.5, 0.6) is 5.75 Å². The number of thioether (sulfide) groups is 1. The lowest BCUT2D eigenvalue weighted by atomic mass is 10.2. The number of aromatic nitrogens is 4. The molecule has 0 bridgehead atoms. The van der Waals surface area contributed by atoms with Crippen molar-refractivity contribution in [2.24, 2.45) is 0 Å². The SMILES string of the molecule is CCn1c(SCC(=O)c2sc3ccccc3c2O)nnc1-c1ccncc1. The molecule has 3 heterocycles. The molecule has 0 aliphatic heterocycles. The summed E-state index contributed by atoms with van der Waals surface area (Å²) in [7, 11) is 0. The van der Waals surface area contributed by atoms with E-state index >= 15 is 0 Å². The molecular weight excluding hydrogens is 380 g/mol. The van der Waals surface area contributed by atoms with Gasteiger partial charge in [-0.05, 0) is 31.2 Å². The molecule has 1 N–H and O–H groups in total. The Hall–Kier alpha value is -2.71. The van der Waals surface area contributed by atoms with Crippen LogP contribution in [0.25, 0.3) is 21.5 Å². The molecule has 0 saturated carbocycles. The molecule has 8 heteroatoms. The van der Waals surface area contributed by atoms with Crippen LogP contribution >= 0.6 is 23.1 Å². The summed E-state index contributed by atoms with van der Waals surface area (Å²) in [5.74, 6) is 0.888. The molecule has 0 radical (unpaired) electrons. The van der Waals surface area contributed by atoms with E-state index in [0.29, 0.717) is 22.0 Å². The summed E-state index contributed by atoms with van der Waals surface area (Å²) in [5.41, 5.74) is 0.930. The molecule has 27 heavy (non-hydrogen) atoms. The number of hydrogen-bond donors (Lipinski definition) is 1. The van der Waals surface area contributed by atoms with Gasteiger partial charge in [-0.15, -0.1) is 21.5 Å². The highest BCUT2D eigenvalue weighted by molar-refractivity contribution is 7.99. The van der Waals surface area contributed by atoms with Crippen molar-refractivity contribution in [3.05, 3.63) is 53.7 Å². The highest BCUT2D eigenvalue weighted by Gasteiger charge is 2.20. The number of hydrogen-bond acceptors (Lipinski definition) is 7. The third-order valence-electron chi connectivity index (χ3n) is 4.13. The molecule has 136 valence electrons. The van der Waals surface area contributed by atoms with Gasteiger partial charge in [0.1, 0.15) is 10.6 Å². The quantitative estimate of drug-likeness (QED) is 0.387. The standard InChI is InChI=1S/C19H16N4O2S2/c1-2-23-18(12-7-9-20-10-8-12)21-22-19(23)26-11-14(24)17-16(25)13-5-3-4-6-15(13)27-17/h3-10,25H,2,11H2,1H3. The van der Waals surface area contributed by atoms with Crippen LogP contribution in [0.2, 0.25) is 0 Å². The number of ketones is 1. The van der Waals surface area contributed by atoms with Crippen LogP contribution in [0, 0.1) is 0 Å². The van der Waals surface area contributed by atoms with E-state index in [1.54, 1.807) is 12.4 Å². The maximum atomic E-state index is 12.6. The second kappa shape index (κ2) is 7.50. The van der Waals surface area contributed by atoms with Gasteiger partial charge in [-0.25, -0.2) is 0 Å². The Morgan fingerprint density at radius 1 is 1.19 bits per heavy atom. The summed E-state index contributed by atoms with van der Waals surface area (Å²) >= 11 is 2.64. The second-order valence-electron chi connectivity index (χ2n) is 5.77. The molecule has 3 aromatic heterocycles. The highest BCUT2D eigenvalue weighted by atomic mass is 32.2. The first-order valence-corrected chi connectivity index (χ1v) is 10.2. The first-order valence-electron chi connectivity index (χ1n) is 8.39. The topological polar surface area (TPSA) is 80.9 Å². The minimum Gasteiger partial charge on any atom is -0.506 e. The van der Waals surface area contributed by atoms with Gasteiger partial charge in [-0.3, -0.25) is 9.78 Å². The number of fused-ring (bicyclic) bond motifs is 1. The van der Waals surface area contributed by atoms with Crippen molar-refractivity contribution >= 4 is 39.0 Å². The Balaban J connectivity index is 1.55. The molecule has 0 fully saturated rings. The van der Waals surface area contributed by atoms with Gasteiger partial charge < -0.3 is 9.67 Å². The van der Waals surface area contributed by atoms with Gasteiger partial charge in [0.25, 0.3) is 0 Å². The van der Waals surface area contributed by atoms with Crippen LogP contribution in [-0.2, 0) is 6.54 Å². The third kappa shape index (κ3) is 3.33. The lowest BCUT2D eigenvalue weighted by Gasteiger charge is -2.06. The Labute approximate surface area is 163 Å². The fourth-order valence-corrected chi connectivity index (χ4v) is 4.81.